The predicted octanol–water partition coefficient (Wildman–Crippen LogP) is 4.20. The van der Waals surface area contributed by atoms with E-state index in [1.165, 1.54) is 30.3 Å². The molecule has 0 fully saturated rings. The molecular formula is C21H16ClF3N4O4S. The molecule has 0 aliphatic carbocycles. The number of sulfonamides is 1. The van der Waals surface area contributed by atoms with Crippen LogP contribution in [0.15, 0.2) is 60.9 Å². The number of aromatic nitrogens is 1. The van der Waals surface area contributed by atoms with E-state index in [1.807, 2.05) is 0 Å². The Morgan fingerprint density at radius 3 is 2.32 bits per heavy atom. The highest BCUT2D eigenvalue weighted by molar-refractivity contribution is 7.92. The number of amides is 2. The van der Waals surface area contributed by atoms with Gasteiger partial charge in [-0.3, -0.25) is 24.2 Å². The van der Waals surface area contributed by atoms with Crippen molar-refractivity contribution < 1.29 is 31.2 Å². The smallest absolute Gasteiger partial charge is 0.366 e. The van der Waals surface area contributed by atoms with Gasteiger partial charge in [-0.2, -0.15) is 13.2 Å². The van der Waals surface area contributed by atoms with Gasteiger partial charge in [-0.15, -0.1) is 0 Å². The normalized spacial score (nSPS) is 11.7. The van der Waals surface area contributed by atoms with Gasteiger partial charge in [-0.25, -0.2) is 8.42 Å². The monoisotopic (exact) mass is 512 g/mol. The van der Waals surface area contributed by atoms with E-state index in [4.69, 9.17) is 17.3 Å². The summed E-state index contributed by atoms with van der Waals surface area (Å²) in [7, 11) is -3.72. The molecule has 0 saturated carbocycles. The van der Waals surface area contributed by atoms with E-state index in [1.54, 1.807) is 0 Å². The number of rotatable bonds is 6. The van der Waals surface area contributed by atoms with Crippen LogP contribution in [0.1, 0.15) is 26.3 Å². The average Bonchev–Trinajstić information content (AvgIpc) is 2.72. The standard InChI is InChI=1S/C21H16ClF3N4O4S/c1-34(32,33)28-12-9-13(11-27-10-12)29(17-8-3-2-5-14(17)19(26)30)20(31)15-6-4-7-16(18(15)22)21(23,24)25/h2-11,28H,1H3,(H2,26,30). The number of carbonyl (C=O) groups excluding carboxylic acids is 2. The summed E-state index contributed by atoms with van der Waals surface area (Å²) in [5.41, 5.74) is 3.38. The number of nitrogens with zero attached hydrogens (tertiary/aromatic N) is 2. The number of nitrogens with one attached hydrogen (secondary N) is 1. The zero-order valence-corrected chi connectivity index (χ0v) is 18.9. The average molecular weight is 513 g/mol. The number of hydrogen-bond acceptors (Lipinski definition) is 5. The summed E-state index contributed by atoms with van der Waals surface area (Å²) >= 11 is 5.96. The molecule has 3 rings (SSSR count). The van der Waals surface area contributed by atoms with E-state index >= 15 is 0 Å². The second-order valence-electron chi connectivity index (χ2n) is 6.99. The third-order valence-electron chi connectivity index (χ3n) is 4.43. The number of carbonyl (C=O) groups is 2. The lowest BCUT2D eigenvalue weighted by atomic mass is 10.1. The molecule has 13 heteroatoms. The highest BCUT2D eigenvalue weighted by atomic mass is 35.5. The minimum Gasteiger partial charge on any atom is -0.366 e. The molecule has 0 aliphatic heterocycles. The summed E-state index contributed by atoms with van der Waals surface area (Å²) in [5, 5.41) is -0.847. The van der Waals surface area contributed by atoms with E-state index in [9.17, 15) is 31.2 Å². The molecule has 178 valence electrons. The molecule has 3 N–H and O–H groups in total. The maximum Gasteiger partial charge on any atom is 0.417 e. The van der Waals surface area contributed by atoms with Crippen molar-refractivity contribution in [2.24, 2.45) is 5.73 Å². The maximum atomic E-state index is 13.6. The van der Waals surface area contributed by atoms with E-state index in [-0.39, 0.29) is 22.6 Å². The van der Waals surface area contributed by atoms with Gasteiger partial charge in [0.05, 0.1) is 57.4 Å². The van der Waals surface area contributed by atoms with Crippen molar-refractivity contribution in [3.63, 3.8) is 0 Å². The quantitative estimate of drug-likeness (QED) is 0.512. The van der Waals surface area contributed by atoms with Gasteiger partial charge in [0, 0.05) is 0 Å². The summed E-state index contributed by atoms with van der Waals surface area (Å²) in [6.45, 7) is 0. The fourth-order valence-electron chi connectivity index (χ4n) is 3.10. The van der Waals surface area contributed by atoms with Gasteiger partial charge in [0.1, 0.15) is 0 Å². The van der Waals surface area contributed by atoms with E-state index < -0.39 is 44.2 Å². The second-order valence-corrected chi connectivity index (χ2v) is 9.12. The van der Waals surface area contributed by atoms with E-state index in [2.05, 4.69) is 9.71 Å². The number of para-hydroxylation sites is 1. The summed E-state index contributed by atoms with van der Waals surface area (Å²) in [5.74, 6) is -1.95. The lowest BCUT2D eigenvalue weighted by molar-refractivity contribution is -0.137. The molecule has 1 heterocycles. The Balaban J connectivity index is 2.26. The summed E-state index contributed by atoms with van der Waals surface area (Å²) in [4.78, 5) is 30.4. The van der Waals surface area contributed by atoms with Crippen LogP contribution in [-0.2, 0) is 16.2 Å². The maximum absolute atomic E-state index is 13.6. The van der Waals surface area contributed by atoms with Gasteiger partial charge >= 0.3 is 6.18 Å². The van der Waals surface area contributed by atoms with Crippen molar-refractivity contribution >= 4 is 50.5 Å². The van der Waals surface area contributed by atoms with Gasteiger partial charge in [0.2, 0.25) is 10.0 Å². The topological polar surface area (TPSA) is 122 Å². The number of halogens is 4. The minimum absolute atomic E-state index is 0.0375. The van der Waals surface area contributed by atoms with Crippen LogP contribution >= 0.6 is 11.6 Å². The van der Waals surface area contributed by atoms with Gasteiger partial charge in [0.25, 0.3) is 11.8 Å². The number of hydrogen-bond donors (Lipinski definition) is 2. The highest BCUT2D eigenvalue weighted by Crippen LogP contribution is 2.38. The Morgan fingerprint density at radius 2 is 1.71 bits per heavy atom. The van der Waals surface area contributed by atoms with Gasteiger partial charge in [0.15, 0.2) is 0 Å². The lowest BCUT2D eigenvalue weighted by Gasteiger charge is -2.26. The van der Waals surface area contributed by atoms with Gasteiger partial charge in [-0.05, 0) is 30.3 Å². The summed E-state index contributed by atoms with van der Waals surface area (Å²) in [6.07, 6.45) is -1.62. The molecule has 0 atom stereocenters. The number of anilines is 3. The first kappa shape index (κ1) is 25.0. The van der Waals surface area contributed by atoms with Crippen molar-refractivity contribution in [2.45, 2.75) is 6.18 Å². The molecule has 0 unspecified atom stereocenters. The van der Waals surface area contributed by atoms with Gasteiger partial charge < -0.3 is 5.73 Å². The van der Waals surface area contributed by atoms with Crippen LogP contribution in [-0.4, -0.2) is 31.5 Å². The molecule has 8 nitrogen and oxygen atoms in total. The summed E-state index contributed by atoms with van der Waals surface area (Å²) < 4.78 is 65.6. The van der Waals surface area contributed by atoms with Crippen molar-refractivity contribution in [1.29, 1.82) is 0 Å². The number of primary amides is 1. The van der Waals surface area contributed by atoms with Crippen molar-refractivity contribution in [1.82, 2.24) is 4.98 Å². The van der Waals surface area contributed by atoms with Crippen molar-refractivity contribution in [3.05, 3.63) is 82.6 Å². The molecule has 2 amide bonds. The molecular weight excluding hydrogens is 497 g/mol. The van der Waals surface area contributed by atoms with E-state index in [0.717, 1.165) is 41.7 Å². The van der Waals surface area contributed by atoms with Crippen LogP contribution in [0, 0.1) is 0 Å². The Bertz CT molecular complexity index is 1380. The molecule has 0 aliphatic rings. The Morgan fingerprint density at radius 1 is 1.06 bits per heavy atom. The first-order valence-corrected chi connectivity index (χ1v) is 11.6. The fraction of sp³-hybridized carbons (Fsp3) is 0.0952. The third kappa shape index (κ3) is 5.46. The highest BCUT2D eigenvalue weighted by Gasteiger charge is 2.36. The van der Waals surface area contributed by atoms with Crippen LogP contribution < -0.4 is 15.4 Å². The number of nitrogens with two attached hydrogens (primary N) is 1. The Hall–Kier alpha value is -3.64. The molecule has 0 saturated heterocycles. The number of pyridine rings is 1. The number of alkyl halides is 3. The zero-order chi connectivity index (χ0) is 25.3. The molecule has 3 aromatic rings. The molecule has 1 aromatic heterocycles. The Labute approximate surface area is 197 Å². The van der Waals surface area contributed by atoms with Crippen LogP contribution in [0.2, 0.25) is 5.02 Å². The second kappa shape index (κ2) is 9.31. The van der Waals surface area contributed by atoms with Crippen LogP contribution in [0.3, 0.4) is 0 Å². The third-order valence-corrected chi connectivity index (χ3v) is 5.45. The van der Waals surface area contributed by atoms with Crippen molar-refractivity contribution in [2.75, 3.05) is 15.9 Å². The number of benzene rings is 2. The molecule has 0 radical (unpaired) electrons. The molecule has 34 heavy (non-hydrogen) atoms. The molecule has 0 spiro atoms. The lowest BCUT2D eigenvalue weighted by Crippen LogP contribution is -2.29. The molecule has 0 bridgehead atoms. The SMILES string of the molecule is CS(=O)(=O)Nc1cncc(N(C(=O)c2cccc(C(F)(F)F)c2Cl)c2ccccc2C(N)=O)c1. The first-order valence-electron chi connectivity index (χ1n) is 9.31. The fourth-order valence-corrected chi connectivity index (χ4v) is 3.95. The van der Waals surface area contributed by atoms with Crippen LogP contribution in [0.4, 0.5) is 30.2 Å². The Kier molecular flexibility index (Phi) is 6.84. The molecule has 2 aromatic carbocycles. The van der Waals surface area contributed by atoms with E-state index in [0.29, 0.717) is 0 Å². The minimum atomic E-state index is -4.83. The predicted molar refractivity (Wildman–Crippen MR) is 121 cm³/mol. The first-order chi connectivity index (χ1) is 15.8. The zero-order valence-electron chi connectivity index (χ0n) is 17.3. The van der Waals surface area contributed by atoms with Crippen LogP contribution in [0.25, 0.3) is 0 Å². The van der Waals surface area contributed by atoms with Gasteiger partial charge in [-0.1, -0.05) is 29.8 Å². The summed E-state index contributed by atoms with van der Waals surface area (Å²) in [6, 6.07) is 9.65. The van der Waals surface area contributed by atoms with Crippen molar-refractivity contribution in [3.8, 4) is 0 Å². The largest absolute Gasteiger partial charge is 0.417 e. The van der Waals surface area contributed by atoms with Crippen LogP contribution in [0.5, 0.6) is 0 Å².